The van der Waals surface area contributed by atoms with Crippen molar-refractivity contribution in [1.29, 1.82) is 0 Å². The lowest BCUT2D eigenvalue weighted by molar-refractivity contribution is -0.134. The minimum atomic E-state index is -3.19. The molecule has 0 atom stereocenters. The number of aliphatic hydroxyl groups is 1. The zero-order valence-corrected chi connectivity index (χ0v) is 16.2. The van der Waals surface area contributed by atoms with Crippen molar-refractivity contribution >= 4 is 15.7 Å². The highest BCUT2D eigenvalue weighted by atomic mass is 32.2. The number of ether oxygens (including phenoxy) is 1. The van der Waals surface area contributed by atoms with Gasteiger partial charge >= 0.3 is 0 Å². The molecule has 1 heterocycles. The molecule has 7 nitrogen and oxygen atoms in total. The lowest BCUT2D eigenvalue weighted by Gasteiger charge is -2.31. The van der Waals surface area contributed by atoms with E-state index in [9.17, 15) is 18.3 Å². The van der Waals surface area contributed by atoms with Crippen molar-refractivity contribution in [1.82, 2.24) is 9.80 Å². The van der Waals surface area contributed by atoms with Crippen molar-refractivity contribution < 1.29 is 23.1 Å². The number of hydrogen-bond donors (Lipinski definition) is 1. The molecule has 0 saturated carbocycles. The van der Waals surface area contributed by atoms with E-state index in [-0.39, 0.29) is 16.9 Å². The average Bonchev–Trinajstić information content (AvgIpc) is 2.59. The van der Waals surface area contributed by atoms with Gasteiger partial charge in [-0.2, -0.15) is 0 Å². The van der Waals surface area contributed by atoms with Gasteiger partial charge in [0.15, 0.2) is 9.84 Å². The fourth-order valence-electron chi connectivity index (χ4n) is 2.83. The zero-order valence-electron chi connectivity index (χ0n) is 15.4. The standard InChI is InChI=1S/C18H28N2O5S/c1-19(14-18(22)20-11-8-15(21)9-12-20)10-3-13-25-16-4-6-17(7-5-16)26(2,23)24/h4-7,15,21H,3,8-14H2,1-2H3. The van der Waals surface area contributed by atoms with Crippen molar-refractivity contribution in [2.45, 2.75) is 30.3 Å². The van der Waals surface area contributed by atoms with Crippen LogP contribution in [0.2, 0.25) is 0 Å². The van der Waals surface area contributed by atoms with Crippen molar-refractivity contribution in [3.8, 4) is 5.75 Å². The summed E-state index contributed by atoms with van der Waals surface area (Å²) in [4.78, 5) is 16.2. The Morgan fingerprint density at radius 2 is 1.88 bits per heavy atom. The Morgan fingerprint density at radius 1 is 1.27 bits per heavy atom. The minimum Gasteiger partial charge on any atom is -0.494 e. The van der Waals surface area contributed by atoms with Crippen LogP contribution >= 0.6 is 0 Å². The van der Waals surface area contributed by atoms with Crippen molar-refractivity contribution in [2.24, 2.45) is 0 Å². The predicted octanol–water partition coefficient (Wildman–Crippen LogP) is 0.774. The Bertz CT molecular complexity index is 682. The smallest absolute Gasteiger partial charge is 0.236 e. The molecule has 0 spiro atoms. The number of carbonyl (C=O) groups excluding carboxylic acids is 1. The van der Waals surface area contributed by atoms with Crippen LogP contribution in [-0.4, -0.2) is 81.4 Å². The number of likely N-dealkylation sites (tertiary alicyclic amines) is 1. The summed E-state index contributed by atoms with van der Waals surface area (Å²) in [6.45, 7) is 2.83. The lowest BCUT2D eigenvalue weighted by Crippen LogP contribution is -2.44. The third kappa shape index (κ3) is 6.59. The first kappa shape index (κ1) is 20.7. The van der Waals surface area contributed by atoms with E-state index in [1.165, 1.54) is 18.4 Å². The van der Waals surface area contributed by atoms with Gasteiger partial charge in [0.05, 0.1) is 24.2 Å². The third-order valence-electron chi connectivity index (χ3n) is 4.43. The van der Waals surface area contributed by atoms with Gasteiger partial charge in [0.2, 0.25) is 5.91 Å². The fraction of sp³-hybridized carbons (Fsp3) is 0.611. The van der Waals surface area contributed by atoms with Gasteiger partial charge in [-0.05, 0) is 50.6 Å². The van der Waals surface area contributed by atoms with Crippen LogP contribution in [-0.2, 0) is 14.6 Å². The van der Waals surface area contributed by atoms with Gasteiger partial charge < -0.3 is 14.7 Å². The molecule has 2 rings (SSSR count). The first-order valence-corrected chi connectivity index (χ1v) is 10.7. The number of aliphatic hydroxyl groups excluding tert-OH is 1. The van der Waals surface area contributed by atoms with E-state index in [0.29, 0.717) is 44.8 Å². The maximum absolute atomic E-state index is 12.2. The highest BCUT2D eigenvalue weighted by Gasteiger charge is 2.21. The molecule has 0 aliphatic carbocycles. The number of nitrogens with zero attached hydrogens (tertiary/aromatic N) is 2. The first-order valence-electron chi connectivity index (χ1n) is 8.83. The summed E-state index contributed by atoms with van der Waals surface area (Å²) < 4.78 is 28.4. The van der Waals surface area contributed by atoms with Crippen molar-refractivity contribution in [3.63, 3.8) is 0 Å². The summed E-state index contributed by atoms with van der Waals surface area (Å²) in [6.07, 6.45) is 2.96. The van der Waals surface area contributed by atoms with E-state index in [1.54, 1.807) is 12.1 Å². The maximum atomic E-state index is 12.2. The third-order valence-corrected chi connectivity index (χ3v) is 5.56. The molecule has 146 valence electrons. The summed E-state index contributed by atoms with van der Waals surface area (Å²) in [6, 6.07) is 6.36. The molecule has 1 N–H and O–H groups in total. The Hall–Kier alpha value is -1.64. The molecular weight excluding hydrogens is 356 g/mol. The van der Waals surface area contributed by atoms with Gasteiger partial charge in [0.25, 0.3) is 0 Å². The Labute approximate surface area is 155 Å². The van der Waals surface area contributed by atoms with E-state index in [4.69, 9.17) is 4.74 Å². The molecule has 1 aromatic rings. The van der Waals surface area contributed by atoms with Crippen molar-refractivity contribution in [2.75, 3.05) is 46.1 Å². The molecule has 0 unspecified atom stereocenters. The van der Waals surface area contributed by atoms with Crippen LogP contribution in [0.15, 0.2) is 29.2 Å². The maximum Gasteiger partial charge on any atom is 0.236 e. The lowest BCUT2D eigenvalue weighted by atomic mass is 10.1. The summed E-state index contributed by atoms with van der Waals surface area (Å²) in [5, 5.41) is 9.49. The predicted molar refractivity (Wildman–Crippen MR) is 99.0 cm³/mol. The molecule has 1 saturated heterocycles. The van der Waals surface area contributed by atoms with Crippen LogP contribution in [0.4, 0.5) is 0 Å². The monoisotopic (exact) mass is 384 g/mol. The second kappa shape index (κ2) is 9.34. The molecule has 8 heteroatoms. The van der Waals surface area contributed by atoms with Crippen LogP contribution in [0.5, 0.6) is 5.75 Å². The highest BCUT2D eigenvalue weighted by molar-refractivity contribution is 7.90. The quantitative estimate of drug-likeness (QED) is 0.667. The minimum absolute atomic E-state index is 0.0942. The number of hydrogen-bond acceptors (Lipinski definition) is 6. The number of amides is 1. The molecule has 1 amide bonds. The molecule has 1 aliphatic rings. The molecule has 1 aliphatic heterocycles. The highest BCUT2D eigenvalue weighted by Crippen LogP contribution is 2.16. The van der Waals surface area contributed by atoms with Crippen molar-refractivity contribution in [3.05, 3.63) is 24.3 Å². The van der Waals surface area contributed by atoms with Gasteiger partial charge in [-0.1, -0.05) is 0 Å². The molecule has 0 bridgehead atoms. The normalized spacial score (nSPS) is 16.1. The van der Waals surface area contributed by atoms with Crippen LogP contribution < -0.4 is 4.74 Å². The second-order valence-electron chi connectivity index (χ2n) is 6.80. The number of sulfone groups is 1. The van der Waals surface area contributed by atoms with E-state index < -0.39 is 9.84 Å². The van der Waals surface area contributed by atoms with Gasteiger partial charge in [-0.3, -0.25) is 9.69 Å². The number of piperidine rings is 1. The van der Waals surface area contributed by atoms with Gasteiger partial charge in [-0.25, -0.2) is 8.42 Å². The van der Waals surface area contributed by atoms with Gasteiger partial charge in [0.1, 0.15) is 5.75 Å². The number of carbonyl (C=O) groups is 1. The molecule has 0 radical (unpaired) electrons. The van der Waals surface area contributed by atoms with E-state index >= 15 is 0 Å². The first-order chi connectivity index (χ1) is 12.3. The largest absolute Gasteiger partial charge is 0.494 e. The van der Waals surface area contributed by atoms with Gasteiger partial charge in [-0.15, -0.1) is 0 Å². The van der Waals surface area contributed by atoms with E-state index in [1.807, 2.05) is 16.8 Å². The van der Waals surface area contributed by atoms with E-state index in [2.05, 4.69) is 0 Å². The fourth-order valence-corrected chi connectivity index (χ4v) is 3.46. The van der Waals surface area contributed by atoms with Crippen LogP contribution in [0.3, 0.4) is 0 Å². The second-order valence-corrected chi connectivity index (χ2v) is 8.81. The Balaban J connectivity index is 1.65. The van der Waals surface area contributed by atoms with E-state index in [0.717, 1.165) is 13.0 Å². The average molecular weight is 384 g/mol. The topological polar surface area (TPSA) is 87.2 Å². The number of likely N-dealkylation sites (N-methyl/N-ethyl adjacent to an activating group) is 1. The Morgan fingerprint density at radius 3 is 2.46 bits per heavy atom. The summed E-state index contributed by atoms with van der Waals surface area (Å²) in [5.41, 5.74) is 0. The number of benzene rings is 1. The molecular formula is C18H28N2O5S. The van der Waals surface area contributed by atoms with Crippen LogP contribution in [0.1, 0.15) is 19.3 Å². The Kier molecular flexibility index (Phi) is 7.43. The molecule has 1 aromatic carbocycles. The summed E-state index contributed by atoms with van der Waals surface area (Å²) in [7, 11) is -1.29. The summed E-state index contributed by atoms with van der Waals surface area (Å²) in [5.74, 6) is 0.722. The van der Waals surface area contributed by atoms with Crippen LogP contribution in [0.25, 0.3) is 0 Å². The molecule has 0 aromatic heterocycles. The summed E-state index contributed by atoms with van der Waals surface area (Å²) >= 11 is 0. The van der Waals surface area contributed by atoms with Gasteiger partial charge in [0, 0.05) is 25.9 Å². The van der Waals surface area contributed by atoms with Crippen LogP contribution in [0, 0.1) is 0 Å². The molecule has 26 heavy (non-hydrogen) atoms. The zero-order chi connectivity index (χ0) is 19.2. The number of rotatable bonds is 8. The molecule has 1 fully saturated rings. The SMILES string of the molecule is CN(CCCOc1ccc(S(C)(=O)=O)cc1)CC(=O)N1CCC(O)CC1.